The Morgan fingerprint density at radius 2 is 1.97 bits per heavy atom. The summed E-state index contributed by atoms with van der Waals surface area (Å²) in [6.45, 7) is 7.16. The third kappa shape index (κ3) is 3.49. The molecular formula is C27H32N2O3. The van der Waals surface area contributed by atoms with Gasteiger partial charge in [0.05, 0.1) is 13.7 Å². The third-order valence-corrected chi connectivity index (χ3v) is 7.38. The van der Waals surface area contributed by atoms with E-state index >= 15 is 0 Å². The molecule has 1 saturated heterocycles. The van der Waals surface area contributed by atoms with E-state index in [1.165, 1.54) is 16.7 Å². The van der Waals surface area contributed by atoms with Crippen LogP contribution in [-0.2, 0) is 23.2 Å². The van der Waals surface area contributed by atoms with Crippen molar-refractivity contribution in [2.24, 2.45) is 5.92 Å². The number of methoxy groups -OCH3 is 1. The van der Waals surface area contributed by atoms with Gasteiger partial charge >= 0.3 is 0 Å². The van der Waals surface area contributed by atoms with Crippen LogP contribution in [-0.4, -0.2) is 47.1 Å². The number of piperidine rings is 1. The standard InChI is InChI=1S/C27H32N2O3/c1-18(2)15-28-11-10-27-14-26(31)29(16-19-4-7-21(30)8-5-19)17-24(27)25(28)12-20-6-9-22(32-3)13-23(20)27/h4-9,13,17-18,25,30H,10-12,14-16H2,1-3H3/t25-,27-/m1/s1. The molecule has 5 rings (SSSR count). The first-order valence-corrected chi connectivity index (χ1v) is 11.6. The van der Waals surface area contributed by atoms with Crippen LogP contribution in [0.5, 0.6) is 11.5 Å². The highest BCUT2D eigenvalue weighted by Gasteiger charge is 2.53. The number of likely N-dealkylation sites (tertiary alicyclic amines) is 1. The van der Waals surface area contributed by atoms with Crippen LogP contribution < -0.4 is 4.74 Å². The lowest BCUT2D eigenvalue weighted by Crippen LogP contribution is -2.59. The zero-order valence-electron chi connectivity index (χ0n) is 19.2. The second-order valence-corrected chi connectivity index (χ2v) is 9.91. The quantitative estimate of drug-likeness (QED) is 0.768. The molecule has 2 heterocycles. The van der Waals surface area contributed by atoms with Crippen molar-refractivity contribution in [2.45, 2.75) is 51.1 Å². The van der Waals surface area contributed by atoms with Crippen LogP contribution in [0.25, 0.3) is 0 Å². The summed E-state index contributed by atoms with van der Waals surface area (Å²) in [7, 11) is 1.71. The summed E-state index contributed by atoms with van der Waals surface area (Å²) in [5.41, 5.74) is 4.79. The minimum Gasteiger partial charge on any atom is -0.508 e. The fourth-order valence-electron chi connectivity index (χ4n) is 5.91. The van der Waals surface area contributed by atoms with Crippen LogP contribution in [0.1, 0.15) is 43.4 Å². The highest BCUT2D eigenvalue weighted by molar-refractivity contribution is 5.82. The summed E-state index contributed by atoms with van der Waals surface area (Å²) in [5.74, 6) is 1.86. The Hall–Kier alpha value is -2.79. The van der Waals surface area contributed by atoms with Crippen molar-refractivity contribution >= 4 is 5.91 Å². The number of ether oxygens (including phenoxy) is 1. The van der Waals surface area contributed by atoms with Crippen molar-refractivity contribution in [3.8, 4) is 11.5 Å². The Kier molecular flexibility index (Phi) is 5.25. The van der Waals surface area contributed by atoms with E-state index in [1.54, 1.807) is 19.2 Å². The van der Waals surface area contributed by atoms with E-state index in [1.807, 2.05) is 17.0 Å². The van der Waals surface area contributed by atoms with Gasteiger partial charge in [-0.25, -0.2) is 0 Å². The Balaban J connectivity index is 1.58. The lowest BCUT2D eigenvalue weighted by molar-refractivity contribution is -0.132. The molecule has 32 heavy (non-hydrogen) atoms. The SMILES string of the molecule is COc1ccc2c(c1)[C@]13CCN(CC(C)C)[C@H](C2)C1=CN(Cc1ccc(O)cc1)C(=O)C3. The minimum atomic E-state index is -0.233. The lowest BCUT2D eigenvalue weighted by atomic mass is 9.58. The normalized spacial score (nSPS) is 24.8. The number of carbonyl (C=O) groups excluding carboxylic acids is 1. The first-order chi connectivity index (χ1) is 15.4. The number of hydrogen-bond donors (Lipinski definition) is 1. The topological polar surface area (TPSA) is 53.0 Å². The van der Waals surface area contributed by atoms with Crippen molar-refractivity contribution in [1.29, 1.82) is 0 Å². The average molecular weight is 433 g/mol. The molecule has 1 N–H and O–H groups in total. The third-order valence-electron chi connectivity index (χ3n) is 7.38. The monoisotopic (exact) mass is 432 g/mol. The van der Waals surface area contributed by atoms with Crippen molar-refractivity contribution in [3.05, 3.63) is 70.9 Å². The van der Waals surface area contributed by atoms with Crippen molar-refractivity contribution < 1.29 is 14.6 Å². The highest BCUT2D eigenvalue weighted by Crippen LogP contribution is 2.53. The van der Waals surface area contributed by atoms with E-state index < -0.39 is 0 Å². The van der Waals surface area contributed by atoms with E-state index in [2.05, 4.69) is 43.1 Å². The van der Waals surface area contributed by atoms with Gasteiger partial charge in [-0.3, -0.25) is 9.69 Å². The molecule has 0 aromatic heterocycles. The number of fused-ring (bicyclic) bond motifs is 1. The molecule has 2 aromatic rings. The number of hydrogen-bond acceptors (Lipinski definition) is 4. The van der Waals surface area contributed by atoms with E-state index in [0.717, 1.165) is 37.2 Å². The van der Waals surface area contributed by atoms with Gasteiger partial charge in [0, 0.05) is 30.6 Å². The maximum atomic E-state index is 13.4. The number of carbonyl (C=O) groups is 1. The molecule has 5 nitrogen and oxygen atoms in total. The maximum absolute atomic E-state index is 13.4. The first-order valence-electron chi connectivity index (χ1n) is 11.6. The average Bonchev–Trinajstić information content (AvgIpc) is 2.77. The molecule has 5 heteroatoms. The summed E-state index contributed by atoms with van der Waals surface area (Å²) < 4.78 is 5.56. The highest BCUT2D eigenvalue weighted by atomic mass is 16.5. The molecule has 168 valence electrons. The summed E-state index contributed by atoms with van der Waals surface area (Å²) in [4.78, 5) is 17.9. The Morgan fingerprint density at radius 1 is 1.19 bits per heavy atom. The van der Waals surface area contributed by atoms with E-state index in [-0.39, 0.29) is 17.1 Å². The molecule has 3 aliphatic rings. The molecule has 2 aliphatic heterocycles. The maximum Gasteiger partial charge on any atom is 0.228 e. The summed E-state index contributed by atoms with van der Waals surface area (Å²) >= 11 is 0. The van der Waals surface area contributed by atoms with Crippen molar-refractivity contribution in [2.75, 3.05) is 20.2 Å². The molecule has 1 fully saturated rings. The number of amides is 1. The van der Waals surface area contributed by atoms with Crippen LogP contribution in [0.15, 0.2) is 54.2 Å². The van der Waals surface area contributed by atoms with Gasteiger partial charge in [0.2, 0.25) is 5.91 Å². The zero-order chi connectivity index (χ0) is 22.5. The Morgan fingerprint density at radius 3 is 2.69 bits per heavy atom. The summed E-state index contributed by atoms with van der Waals surface area (Å²) in [6, 6.07) is 13.9. The van der Waals surface area contributed by atoms with Gasteiger partial charge in [-0.05, 0) is 71.8 Å². The fraction of sp³-hybridized carbons (Fsp3) is 0.444. The molecule has 0 unspecified atom stereocenters. The van der Waals surface area contributed by atoms with E-state index in [0.29, 0.717) is 24.9 Å². The number of benzene rings is 2. The van der Waals surface area contributed by atoms with E-state index in [4.69, 9.17) is 4.74 Å². The van der Waals surface area contributed by atoms with Gasteiger partial charge in [-0.15, -0.1) is 0 Å². The molecular weight excluding hydrogens is 400 g/mol. The van der Waals surface area contributed by atoms with Crippen LogP contribution in [0.3, 0.4) is 0 Å². The second-order valence-electron chi connectivity index (χ2n) is 9.91. The fourth-order valence-corrected chi connectivity index (χ4v) is 5.91. The predicted molar refractivity (Wildman–Crippen MR) is 125 cm³/mol. The Labute approximate surface area is 190 Å². The van der Waals surface area contributed by atoms with Gasteiger partial charge in [-0.2, -0.15) is 0 Å². The number of aromatic hydroxyl groups is 1. The zero-order valence-corrected chi connectivity index (χ0v) is 19.2. The first kappa shape index (κ1) is 21.1. The largest absolute Gasteiger partial charge is 0.508 e. The predicted octanol–water partition coefficient (Wildman–Crippen LogP) is 4.24. The Bertz CT molecular complexity index is 1060. The molecule has 0 spiro atoms. The molecule has 2 atom stereocenters. The van der Waals surface area contributed by atoms with Crippen LogP contribution in [0.2, 0.25) is 0 Å². The lowest BCUT2D eigenvalue weighted by Gasteiger charge is -2.55. The molecule has 2 bridgehead atoms. The number of rotatable bonds is 5. The van der Waals surface area contributed by atoms with Gasteiger partial charge in [0.15, 0.2) is 0 Å². The van der Waals surface area contributed by atoms with Gasteiger partial charge in [0.25, 0.3) is 0 Å². The molecule has 1 aliphatic carbocycles. The number of phenolic OH excluding ortho intramolecular Hbond substituents is 1. The van der Waals surface area contributed by atoms with Gasteiger partial charge in [0.1, 0.15) is 11.5 Å². The van der Waals surface area contributed by atoms with Crippen molar-refractivity contribution in [3.63, 3.8) is 0 Å². The molecule has 0 saturated carbocycles. The van der Waals surface area contributed by atoms with Crippen LogP contribution in [0, 0.1) is 5.92 Å². The molecule has 2 aromatic carbocycles. The molecule has 1 amide bonds. The summed E-state index contributed by atoms with van der Waals surface area (Å²) in [5, 5.41) is 9.61. The van der Waals surface area contributed by atoms with E-state index in [9.17, 15) is 9.90 Å². The van der Waals surface area contributed by atoms with Crippen LogP contribution >= 0.6 is 0 Å². The number of nitrogens with zero attached hydrogens (tertiary/aromatic N) is 2. The smallest absolute Gasteiger partial charge is 0.228 e. The van der Waals surface area contributed by atoms with Gasteiger partial charge < -0.3 is 14.7 Å². The summed E-state index contributed by atoms with van der Waals surface area (Å²) in [6.07, 6.45) is 4.59. The minimum absolute atomic E-state index is 0.161. The van der Waals surface area contributed by atoms with Gasteiger partial charge in [-0.1, -0.05) is 32.0 Å². The van der Waals surface area contributed by atoms with Crippen LogP contribution in [0.4, 0.5) is 0 Å². The molecule has 0 radical (unpaired) electrons. The second kappa shape index (κ2) is 7.96. The van der Waals surface area contributed by atoms with Crippen molar-refractivity contribution in [1.82, 2.24) is 9.80 Å². The number of phenols is 1.